The van der Waals surface area contributed by atoms with Crippen molar-refractivity contribution < 1.29 is 4.79 Å². The summed E-state index contributed by atoms with van der Waals surface area (Å²) in [6.07, 6.45) is 6.26. The van der Waals surface area contributed by atoms with E-state index in [1.54, 1.807) is 24.4 Å². The predicted molar refractivity (Wildman–Crippen MR) is 95.8 cm³/mol. The summed E-state index contributed by atoms with van der Waals surface area (Å²) < 4.78 is 0. The van der Waals surface area contributed by atoms with Crippen LogP contribution in [-0.4, -0.2) is 16.9 Å². The van der Waals surface area contributed by atoms with Crippen LogP contribution in [0.4, 0.5) is 5.69 Å². The zero-order valence-electron chi connectivity index (χ0n) is 13.0. The second-order valence-corrected chi connectivity index (χ2v) is 5.23. The molecule has 3 N–H and O–H groups in total. The Kier molecular flexibility index (Phi) is 5.83. The number of pyridine rings is 1. The molecule has 118 valence electrons. The van der Waals surface area contributed by atoms with E-state index in [9.17, 15) is 4.79 Å². The average Bonchev–Trinajstić information content (AvgIpc) is 2.60. The van der Waals surface area contributed by atoms with Gasteiger partial charge in [0, 0.05) is 5.56 Å². The number of aryl methyl sites for hydroxylation is 1. The molecule has 0 bridgehead atoms. The van der Waals surface area contributed by atoms with Crippen LogP contribution in [0, 0.1) is 0 Å². The minimum atomic E-state index is -0.568. The van der Waals surface area contributed by atoms with Gasteiger partial charge in [0.05, 0.1) is 23.6 Å². The maximum Gasteiger partial charge on any atom is 0.241 e. The molecule has 0 aliphatic heterocycles. The second kappa shape index (κ2) is 8.06. The van der Waals surface area contributed by atoms with Crippen LogP contribution in [0.5, 0.6) is 0 Å². The Bertz CT molecular complexity index is 695. The van der Waals surface area contributed by atoms with Crippen molar-refractivity contribution in [2.45, 2.75) is 18.9 Å². The minimum absolute atomic E-state index is 0.218. The summed E-state index contributed by atoms with van der Waals surface area (Å²) in [7, 11) is 0. The number of benzene rings is 1. The number of amides is 1. The van der Waals surface area contributed by atoms with Gasteiger partial charge < -0.3 is 11.1 Å². The van der Waals surface area contributed by atoms with E-state index in [2.05, 4.69) is 23.5 Å². The van der Waals surface area contributed by atoms with E-state index in [1.165, 1.54) is 5.56 Å². The zero-order chi connectivity index (χ0) is 16.7. The van der Waals surface area contributed by atoms with Gasteiger partial charge in [0.2, 0.25) is 5.91 Å². The van der Waals surface area contributed by atoms with Crippen molar-refractivity contribution in [1.29, 1.82) is 0 Å². The number of nitrogens with zero attached hydrogens (tertiary/aromatic N) is 1. The molecular formula is C19H21N3O. The van der Waals surface area contributed by atoms with Crippen molar-refractivity contribution in [3.63, 3.8) is 0 Å². The summed E-state index contributed by atoms with van der Waals surface area (Å²) in [5, 5.41) is 2.80. The Morgan fingerprint density at radius 2 is 2.00 bits per heavy atom. The van der Waals surface area contributed by atoms with Crippen LogP contribution in [0.1, 0.15) is 23.2 Å². The zero-order valence-corrected chi connectivity index (χ0v) is 13.0. The van der Waals surface area contributed by atoms with Crippen molar-refractivity contribution in [3.8, 4) is 0 Å². The fourth-order valence-corrected chi connectivity index (χ4v) is 2.23. The molecule has 0 aliphatic rings. The first-order valence-electron chi connectivity index (χ1n) is 7.49. The number of aromatic nitrogens is 1. The highest BCUT2D eigenvalue weighted by Crippen LogP contribution is 2.15. The van der Waals surface area contributed by atoms with Crippen molar-refractivity contribution in [1.82, 2.24) is 4.98 Å². The highest BCUT2D eigenvalue weighted by atomic mass is 16.2. The van der Waals surface area contributed by atoms with Crippen molar-refractivity contribution in [3.05, 3.63) is 72.6 Å². The standard InChI is InChI=1S/C19H21N3O/c1-3-15-12-16(13-21-18(15)4-2)22-19(23)17(20)11-10-14-8-6-5-7-9-14/h3-9,12-13,17H,1-2,10-11,20H2,(H,22,23)/t17-/m0/s1. The third kappa shape index (κ3) is 4.63. The van der Waals surface area contributed by atoms with Gasteiger partial charge in [-0.3, -0.25) is 9.78 Å². The minimum Gasteiger partial charge on any atom is -0.323 e. The van der Waals surface area contributed by atoms with Gasteiger partial charge in [0.15, 0.2) is 0 Å². The van der Waals surface area contributed by atoms with Gasteiger partial charge in [-0.1, -0.05) is 49.6 Å². The van der Waals surface area contributed by atoms with Crippen LogP contribution in [0.3, 0.4) is 0 Å². The number of nitrogens with two attached hydrogens (primary N) is 1. The molecule has 2 rings (SSSR count). The first kappa shape index (κ1) is 16.6. The number of nitrogens with one attached hydrogen (secondary N) is 1. The fraction of sp³-hybridized carbons (Fsp3) is 0.158. The lowest BCUT2D eigenvalue weighted by molar-refractivity contribution is -0.117. The average molecular weight is 307 g/mol. The number of hydrogen-bond acceptors (Lipinski definition) is 3. The van der Waals surface area contributed by atoms with Gasteiger partial charge in [-0.2, -0.15) is 0 Å². The molecule has 1 atom stereocenters. The highest BCUT2D eigenvalue weighted by molar-refractivity contribution is 5.94. The largest absolute Gasteiger partial charge is 0.323 e. The maximum absolute atomic E-state index is 12.2. The van der Waals surface area contributed by atoms with Gasteiger partial charge in [0.1, 0.15) is 0 Å². The van der Waals surface area contributed by atoms with Gasteiger partial charge >= 0.3 is 0 Å². The Labute approximate surface area is 136 Å². The van der Waals surface area contributed by atoms with Gasteiger partial charge in [0.25, 0.3) is 0 Å². The molecule has 0 unspecified atom stereocenters. The lowest BCUT2D eigenvalue weighted by Gasteiger charge is -2.13. The Morgan fingerprint density at radius 3 is 2.65 bits per heavy atom. The summed E-state index contributed by atoms with van der Waals surface area (Å²) in [6.45, 7) is 7.43. The van der Waals surface area contributed by atoms with E-state index in [0.717, 1.165) is 17.7 Å². The van der Waals surface area contributed by atoms with E-state index in [1.807, 2.05) is 30.3 Å². The molecule has 1 aromatic carbocycles. The molecule has 4 nitrogen and oxygen atoms in total. The molecular weight excluding hydrogens is 286 g/mol. The molecule has 0 fully saturated rings. The van der Waals surface area contributed by atoms with Gasteiger partial charge in [-0.15, -0.1) is 0 Å². The Hall–Kier alpha value is -2.72. The number of anilines is 1. The number of carbonyl (C=O) groups excluding carboxylic acids is 1. The normalized spacial score (nSPS) is 11.5. The molecule has 1 heterocycles. The van der Waals surface area contributed by atoms with Gasteiger partial charge in [-0.05, 0) is 30.5 Å². The summed E-state index contributed by atoms with van der Waals surface area (Å²) >= 11 is 0. The van der Waals surface area contributed by atoms with E-state index in [-0.39, 0.29) is 5.91 Å². The first-order valence-corrected chi connectivity index (χ1v) is 7.49. The van der Waals surface area contributed by atoms with E-state index in [4.69, 9.17) is 5.73 Å². The molecule has 0 aliphatic carbocycles. The monoisotopic (exact) mass is 307 g/mol. The molecule has 0 saturated heterocycles. The lowest BCUT2D eigenvalue weighted by atomic mass is 10.1. The number of rotatable bonds is 7. The third-order valence-corrected chi connectivity index (χ3v) is 3.55. The highest BCUT2D eigenvalue weighted by Gasteiger charge is 2.14. The smallest absolute Gasteiger partial charge is 0.241 e. The maximum atomic E-state index is 12.2. The lowest BCUT2D eigenvalue weighted by Crippen LogP contribution is -2.36. The van der Waals surface area contributed by atoms with Crippen LogP contribution in [0.2, 0.25) is 0 Å². The number of hydrogen-bond donors (Lipinski definition) is 2. The summed E-state index contributed by atoms with van der Waals surface area (Å²) in [5.41, 5.74) is 9.28. The van der Waals surface area contributed by atoms with Crippen LogP contribution >= 0.6 is 0 Å². The molecule has 0 spiro atoms. The SMILES string of the molecule is C=Cc1cc(NC(=O)[C@@H](N)CCc2ccccc2)cnc1C=C. The van der Waals surface area contributed by atoms with E-state index >= 15 is 0 Å². The van der Waals surface area contributed by atoms with Crippen molar-refractivity contribution >= 4 is 23.7 Å². The quantitative estimate of drug-likeness (QED) is 0.825. The van der Waals surface area contributed by atoms with Crippen molar-refractivity contribution in [2.75, 3.05) is 5.32 Å². The summed E-state index contributed by atoms with van der Waals surface area (Å²) in [5.74, 6) is -0.218. The predicted octanol–water partition coefficient (Wildman–Crippen LogP) is 3.27. The van der Waals surface area contributed by atoms with Gasteiger partial charge in [-0.25, -0.2) is 0 Å². The molecule has 4 heteroatoms. The summed E-state index contributed by atoms with van der Waals surface area (Å²) in [6, 6.07) is 11.2. The molecule has 23 heavy (non-hydrogen) atoms. The Morgan fingerprint density at radius 1 is 1.26 bits per heavy atom. The fourth-order valence-electron chi connectivity index (χ4n) is 2.23. The molecule has 0 saturated carbocycles. The topological polar surface area (TPSA) is 68.0 Å². The second-order valence-electron chi connectivity index (χ2n) is 5.23. The third-order valence-electron chi connectivity index (χ3n) is 3.55. The molecule has 2 aromatic rings. The number of carbonyl (C=O) groups is 1. The Balaban J connectivity index is 1.95. The van der Waals surface area contributed by atoms with Crippen LogP contribution in [-0.2, 0) is 11.2 Å². The summed E-state index contributed by atoms with van der Waals surface area (Å²) in [4.78, 5) is 16.4. The van der Waals surface area contributed by atoms with E-state index < -0.39 is 6.04 Å². The van der Waals surface area contributed by atoms with Crippen LogP contribution < -0.4 is 11.1 Å². The molecule has 1 aromatic heterocycles. The first-order chi connectivity index (χ1) is 11.1. The van der Waals surface area contributed by atoms with Crippen LogP contribution in [0.25, 0.3) is 12.2 Å². The molecule has 0 radical (unpaired) electrons. The van der Waals surface area contributed by atoms with E-state index in [0.29, 0.717) is 12.1 Å². The van der Waals surface area contributed by atoms with Crippen molar-refractivity contribution in [2.24, 2.45) is 5.73 Å². The molecule has 1 amide bonds. The van der Waals surface area contributed by atoms with Crippen LogP contribution in [0.15, 0.2) is 55.8 Å².